The first-order chi connectivity index (χ1) is 10.6. The van der Waals surface area contributed by atoms with Gasteiger partial charge in [-0.2, -0.15) is 0 Å². The van der Waals surface area contributed by atoms with Crippen LogP contribution in [0.2, 0.25) is 0 Å². The Hall–Kier alpha value is -1.57. The summed E-state index contributed by atoms with van der Waals surface area (Å²) in [5.74, 6) is 0.0274. The van der Waals surface area contributed by atoms with Crippen molar-refractivity contribution in [2.24, 2.45) is 0 Å². The number of carbonyl (C=O) groups is 1. The minimum atomic E-state index is -0.178. The molecule has 0 radical (unpaired) electrons. The van der Waals surface area contributed by atoms with Crippen LogP contribution in [0.1, 0.15) is 36.2 Å². The monoisotopic (exact) mass is 375 g/mol. The van der Waals surface area contributed by atoms with Gasteiger partial charge in [-0.15, -0.1) is 24.8 Å². The highest BCUT2D eigenvalue weighted by Gasteiger charge is 2.20. The molecule has 3 N–H and O–H groups in total. The molecule has 2 aromatic heterocycles. The number of halogens is 2. The second-order valence-corrected chi connectivity index (χ2v) is 5.80. The van der Waals surface area contributed by atoms with E-state index < -0.39 is 0 Å². The number of amides is 1. The summed E-state index contributed by atoms with van der Waals surface area (Å²) in [6, 6.07) is 1.37. The largest absolute Gasteiger partial charge is 0.351 e. The molecule has 2 aromatic rings. The van der Waals surface area contributed by atoms with E-state index in [9.17, 15) is 9.59 Å². The lowest BCUT2D eigenvalue weighted by molar-refractivity contribution is -0.123. The van der Waals surface area contributed by atoms with Crippen LogP contribution < -0.4 is 16.2 Å². The first-order valence-corrected chi connectivity index (χ1v) is 7.65. The lowest BCUT2D eigenvalue weighted by Gasteiger charge is -2.23. The molecule has 0 bridgehead atoms. The number of aromatic nitrogens is 3. The SMILES string of the molecule is Cc1nc2cc(=O)[nH]n2c(C)c1CNC(=O)C1CCCCN1.Cl.Cl. The van der Waals surface area contributed by atoms with Crippen molar-refractivity contribution in [3.05, 3.63) is 33.4 Å². The first kappa shape index (κ1) is 20.5. The van der Waals surface area contributed by atoms with Crippen molar-refractivity contribution in [1.29, 1.82) is 0 Å². The number of rotatable bonds is 3. The van der Waals surface area contributed by atoms with Gasteiger partial charge in [0, 0.05) is 29.6 Å². The maximum absolute atomic E-state index is 12.2. The number of fused-ring (bicyclic) bond motifs is 1. The molecule has 1 saturated heterocycles. The molecule has 1 atom stereocenters. The minimum Gasteiger partial charge on any atom is -0.351 e. The molecule has 1 amide bonds. The molecule has 0 aromatic carbocycles. The highest BCUT2D eigenvalue weighted by Crippen LogP contribution is 2.13. The fraction of sp³-hybridized carbons (Fsp3) is 0.533. The third kappa shape index (κ3) is 4.09. The fourth-order valence-corrected chi connectivity index (χ4v) is 2.99. The summed E-state index contributed by atoms with van der Waals surface area (Å²) in [5, 5.41) is 8.93. The van der Waals surface area contributed by atoms with E-state index in [0.29, 0.717) is 12.2 Å². The number of aromatic amines is 1. The van der Waals surface area contributed by atoms with Crippen LogP contribution in [0.4, 0.5) is 0 Å². The Morgan fingerprint density at radius 3 is 2.79 bits per heavy atom. The fourth-order valence-electron chi connectivity index (χ4n) is 2.99. The summed E-state index contributed by atoms with van der Waals surface area (Å²) in [6.45, 7) is 5.12. The molecule has 7 nitrogen and oxygen atoms in total. The average Bonchev–Trinajstić information content (AvgIpc) is 2.88. The Morgan fingerprint density at radius 1 is 1.38 bits per heavy atom. The van der Waals surface area contributed by atoms with Crippen LogP contribution in [-0.4, -0.2) is 33.1 Å². The quantitative estimate of drug-likeness (QED) is 0.752. The number of aryl methyl sites for hydroxylation is 2. The van der Waals surface area contributed by atoms with E-state index >= 15 is 0 Å². The number of piperidine rings is 1. The second kappa shape index (κ2) is 8.50. The Labute approximate surface area is 152 Å². The van der Waals surface area contributed by atoms with Crippen LogP contribution in [0.3, 0.4) is 0 Å². The maximum Gasteiger partial charge on any atom is 0.266 e. The van der Waals surface area contributed by atoms with Gasteiger partial charge in [0.15, 0.2) is 5.65 Å². The van der Waals surface area contributed by atoms with Crippen molar-refractivity contribution in [2.75, 3.05) is 6.54 Å². The lowest BCUT2D eigenvalue weighted by Crippen LogP contribution is -2.46. The zero-order valence-electron chi connectivity index (χ0n) is 13.7. The normalized spacial score (nSPS) is 17.0. The Bertz CT molecular complexity index is 765. The molecule has 9 heteroatoms. The molecule has 134 valence electrons. The summed E-state index contributed by atoms with van der Waals surface area (Å²) in [6.07, 6.45) is 3.09. The molecule has 1 aliphatic heterocycles. The van der Waals surface area contributed by atoms with Gasteiger partial charge in [-0.3, -0.25) is 14.7 Å². The highest BCUT2D eigenvalue weighted by molar-refractivity contribution is 5.85. The number of hydrogen-bond acceptors (Lipinski definition) is 4. The predicted octanol–water partition coefficient (Wildman–Crippen LogP) is 1.24. The van der Waals surface area contributed by atoms with Crippen molar-refractivity contribution in [3.8, 4) is 0 Å². The molecule has 0 spiro atoms. The van der Waals surface area contributed by atoms with E-state index in [1.165, 1.54) is 6.07 Å². The first-order valence-electron chi connectivity index (χ1n) is 7.65. The van der Waals surface area contributed by atoms with Crippen LogP contribution in [0, 0.1) is 13.8 Å². The van der Waals surface area contributed by atoms with Crippen LogP contribution >= 0.6 is 24.8 Å². The summed E-state index contributed by atoms with van der Waals surface area (Å²) < 4.78 is 1.66. The van der Waals surface area contributed by atoms with E-state index in [0.717, 1.165) is 42.8 Å². The molecule has 0 aliphatic carbocycles. The van der Waals surface area contributed by atoms with Gasteiger partial charge < -0.3 is 10.6 Å². The van der Waals surface area contributed by atoms with Crippen LogP contribution in [-0.2, 0) is 11.3 Å². The highest BCUT2D eigenvalue weighted by atomic mass is 35.5. The second-order valence-electron chi connectivity index (χ2n) is 5.80. The number of carbonyl (C=O) groups excluding carboxylic acids is 1. The van der Waals surface area contributed by atoms with Gasteiger partial charge in [-0.1, -0.05) is 6.42 Å². The Balaban J connectivity index is 0.00000144. The number of nitrogens with one attached hydrogen (secondary N) is 3. The van der Waals surface area contributed by atoms with E-state index in [-0.39, 0.29) is 42.3 Å². The van der Waals surface area contributed by atoms with Gasteiger partial charge in [0.05, 0.1) is 6.04 Å². The molecule has 24 heavy (non-hydrogen) atoms. The molecule has 3 heterocycles. The minimum absolute atomic E-state index is 0. The summed E-state index contributed by atoms with van der Waals surface area (Å²) in [5.41, 5.74) is 3.07. The summed E-state index contributed by atoms with van der Waals surface area (Å²) in [7, 11) is 0. The number of nitrogens with zero attached hydrogens (tertiary/aromatic N) is 2. The van der Waals surface area contributed by atoms with Crippen molar-refractivity contribution in [1.82, 2.24) is 25.2 Å². The molecule has 1 aliphatic rings. The molecule has 1 fully saturated rings. The topological polar surface area (TPSA) is 91.3 Å². The lowest BCUT2D eigenvalue weighted by atomic mass is 10.0. The van der Waals surface area contributed by atoms with Gasteiger partial charge in [-0.25, -0.2) is 9.50 Å². The van der Waals surface area contributed by atoms with Crippen molar-refractivity contribution in [3.63, 3.8) is 0 Å². The molecule has 0 saturated carbocycles. The van der Waals surface area contributed by atoms with Crippen molar-refractivity contribution < 1.29 is 4.79 Å². The summed E-state index contributed by atoms with van der Waals surface area (Å²) >= 11 is 0. The molecule has 3 rings (SSSR count). The third-order valence-electron chi connectivity index (χ3n) is 4.27. The van der Waals surface area contributed by atoms with Gasteiger partial charge >= 0.3 is 0 Å². The molecular weight excluding hydrogens is 353 g/mol. The predicted molar refractivity (Wildman–Crippen MR) is 97.3 cm³/mol. The van der Waals surface area contributed by atoms with E-state index in [1.54, 1.807) is 4.52 Å². The molecule has 1 unspecified atom stereocenters. The third-order valence-corrected chi connectivity index (χ3v) is 4.27. The van der Waals surface area contributed by atoms with Crippen molar-refractivity contribution in [2.45, 2.75) is 45.7 Å². The van der Waals surface area contributed by atoms with Crippen LogP contribution in [0.15, 0.2) is 10.9 Å². The van der Waals surface area contributed by atoms with Gasteiger partial charge in [0.25, 0.3) is 5.56 Å². The van der Waals surface area contributed by atoms with Crippen LogP contribution in [0.5, 0.6) is 0 Å². The summed E-state index contributed by atoms with van der Waals surface area (Å²) in [4.78, 5) is 28.1. The number of hydrogen-bond donors (Lipinski definition) is 3. The van der Waals surface area contributed by atoms with E-state index in [4.69, 9.17) is 0 Å². The smallest absolute Gasteiger partial charge is 0.266 e. The van der Waals surface area contributed by atoms with Crippen molar-refractivity contribution >= 4 is 36.4 Å². The van der Waals surface area contributed by atoms with E-state index in [2.05, 4.69) is 20.7 Å². The zero-order valence-corrected chi connectivity index (χ0v) is 15.4. The molecular formula is C15H23Cl2N5O2. The Kier molecular flexibility index (Phi) is 7.26. The Morgan fingerprint density at radius 2 is 2.12 bits per heavy atom. The standard InChI is InChI=1S/C15H21N5O2.2ClH/c1-9-11(8-17-15(22)12-5-3-4-6-16-12)10(2)20-13(18-9)7-14(21)19-20;;/h7,12,16H,3-6,8H2,1-2H3,(H,17,22)(H,19,21);2*1H. The zero-order chi connectivity index (χ0) is 15.7. The average molecular weight is 376 g/mol. The van der Waals surface area contributed by atoms with Gasteiger partial charge in [0.2, 0.25) is 5.91 Å². The van der Waals surface area contributed by atoms with Gasteiger partial charge in [-0.05, 0) is 33.2 Å². The maximum atomic E-state index is 12.2. The number of H-pyrrole nitrogens is 1. The van der Waals surface area contributed by atoms with E-state index in [1.807, 2.05) is 13.8 Å². The van der Waals surface area contributed by atoms with Gasteiger partial charge in [0.1, 0.15) is 0 Å². The van der Waals surface area contributed by atoms with Crippen LogP contribution in [0.25, 0.3) is 5.65 Å².